The van der Waals surface area contributed by atoms with Gasteiger partial charge in [0.1, 0.15) is 0 Å². The molecule has 0 saturated heterocycles. The molecule has 5 heteroatoms. The monoisotopic (exact) mass is 162 g/mol. The molecular weight excluding hydrogens is 148 g/mol. The third-order valence-corrected chi connectivity index (χ3v) is 2.70. The lowest BCUT2D eigenvalue weighted by atomic mass is 10.9. The van der Waals surface area contributed by atoms with E-state index in [0.29, 0.717) is 12.8 Å². The van der Waals surface area contributed by atoms with E-state index >= 15 is 0 Å². The molecule has 0 aromatic heterocycles. The number of nitrogens with one attached hydrogen (secondary N) is 1. The molecule has 0 radical (unpaired) electrons. The number of carbonyl (C=O) groups is 1. The third-order valence-electron chi connectivity index (χ3n) is 1.01. The molecule has 2 amide bonds. The largest absolute Gasteiger partial charge is 0.419 e. The van der Waals surface area contributed by atoms with Crippen molar-refractivity contribution in [2.24, 2.45) is 5.73 Å². The summed E-state index contributed by atoms with van der Waals surface area (Å²) < 4.78 is 5.26. The maximum atomic E-state index is 10.2. The normalized spacial score (nSPS) is 12.6. The highest BCUT2D eigenvalue weighted by atomic mass is 28.3. The van der Waals surface area contributed by atoms with Crippen molar-refractivity contribution in [1.82, 2.24) is 5.32 Å². The van der Waals surface area contributed by atoms with Gasteiger partial charge in [0.2, 0.25) is 0 Å². The predicted molar refractivity (Wildman–Crippen MR) is 42.2 cm³/mol. The molecule has 0 aliphatic rings. The summed E-state index contributed by atoms with van der Waals surface area (Å²) in [4.78, 5) is 10.2. The fourth-order valence-electron chi connectivity index (χ4n) is 0.588. The average Bonchev–Trinajstić information content (AvgIpc) is 1.85. The molecule has 0 fully saturated rings. The molecule has 60 valence electrons. The van der Waals surface area contributed by atoms with E-state index < -0.39 is 15.1 Å². The highest BCUT2D eigenvalue weighted by Gasteiger charge is 2.02. The number of primary amides is 1. The van der Waals surface area contributed by atoms with Crippen LogP contribution in [0.1, 0.15) is 6.92 Å². The van der Waals surface area contributed by atoms with Crippen LogP contribution in [-0.4, -0.2) is 27.8 Å². The van der Waals surface area contributed by atoms with Crippen molar-refractivity contribution in [3.63, 3.8) is 0 Å². The molecule has 3 N–H and O–H groups in total. The summed E-state index contributed by atoms with van der Waals surface area (Å²) in [5.41, 5.74) is 4.85. The van der Waals surface area contributed by atoms with Crippen LogP contribution in [0.25, 0.3) is 0 Å². The van der Waals surface area contributed by atoms with Crippen molar-refractivity contribution in [3.8, 4) is 0 Å². The summed E-state index contributed by atoms with van der Waals surface area (Å²) in [6, 6.07) is -0.473. The van der Waals surface area contributed by atoms with Gasteiger partial charge in [-0.15, -0.1) is 0 Å². The molecular formula is C5H14N2O2Si. The van der Waals surface area contributed by atoms with E-state index in [0.717, 1.165) is 0 Å². The molecule has 0 bridgehead atoms. The first-order valence-electron chi connectivity index (χ1n) is 3.31. The highest BCUT2D eigenvalue weighted by molar-refractivity contribution is 6.50. The Bertz CT molecular complexity index is 110. The van der Waals surface area contributed by atoms with Crippen LogP contribution in [0.3, 0.4) is 0 Å². The SMILES string of the molecule is CCO[SiH](C)CNC(N)=O. The second kappa shape index (κ2) is 5.25. The lowest BCUT2D eigenvalue weighted by Gasteiger charge is -2.08. The predicted octanol–water partition coefficient (Wildman–Crippen LogP) is -0.416. The van der Waals surface area contributed by atoms with E-state index in [1.54, 1.807) is 0 Å². The van der Waals surface area contributed by atoms with Gasteiger partial charge in [0.15, 0.2) is 9.04 Å². The molecule has 10 heavy (non-hydrogen) atoms. The summed E-state index contributed by atoms with van der Waals surface area (Å²) >= 11 is 0. The molecule has 1 atom stereocenters. The lowest BCUT2D eigenvalue weighted by molar-refractivity contribution is 0.249. The molecule has 0 aromatic carbocycles. The maximum absolute atomic E-state index is 10.2. The number of carbonyl (C=O) groups excluding carboxylic acids is 1. The fraction of sp³-hybridized carbons (Fsp3) is 0.800. The van der Waals surface area contributed by atoms with E-state index in [1.165, 1.54) is 0 Å². The quantitative estimate of drug-likeness (QED) is 0.552. The van der Waals surface area contributed by atoms with E-state index in [2.05, 4.69) is 5.32 Å². The standard InChI is InChI=1S/C5H14N2O2Si/c1-3-9-10(2)4-7-5(6)8/h10H,3-4H2,1-2H3,(H3,6,7,8). The van der Waals surface area contributed by atoms with E-state index in [4.69, 9.17) is 10.2 Å². The smallest absolute Gasteiger partial charge is 0.311 e. The Morgan fingerprint density at radius 3 is 2.80 bits per heavy atom. The van der Waals surface area contributed by atoms with Crippen LogP contribution in [0.15, 0.2) is 0 Å². The number of hydrogen-bond donors (Lipinski definition) is 2. The molecule has 0 aliphatic carbocycles. The zero-order valence-corrected chi connectivity index (χ0v) is 7.54. The van der Waals surface area contributed by atoms with Gasteiger partial charge in [-0.1, -0.05) is 0 Å². The minimum Gasteiger partial charge on any atom is -0.419 e. The van der Waals surface area contributed by atoms with Gasteiger partial charge in [-0.25, -0.2) is 4.79 Å². The Morgan fingerprint density at radius 2 is 2.40 bits per heavy atom. The third kappa shape index (κ3) is 5.58. The summed E-state index contributed by atoms with van der Waals surface area (Å²) in [6.45, 7) is 4.67. The van der Waals surface area contributed by atoms with Crippen LogP contribution in [-0.2, 0) is 4.43 Å². The lowest BCUT2D eigenvalue weighted by Crippen LogP contribution is -2.38. The number of nitrogens with two attached hydrogens (primary N) is 1. The number of urea groups is 1. The zero-order chi connectivity index (χ0) is 7.98. The molecule has 0 saturated carbocycles. The Labute approximate surface area is 62.5 Å². The number of amides is 2. The van der Waals surface area contributed by atoms with Gasteiger partial charge < -0.3 is 15.5 Å². The van der Waals surface area contributed by atoms with Crippen molar-refractivity contribution in [1.29, 1.82) is 0 Å². The Balaban J connectivity index is 3.21. The maximum Gasteiger partial charge on any atom is 0.311 e. The summed E-state index contributed by atoms with van der Waals surface area (Å²) in [5.74, 6) is 0. The van der Waals surface area contributed by atoms with Crippen LogP contribution >= 0.6 is 0 Å². The number of rotatable bonds is 4. The minimum absolute atomic E-state index is 0.473. The first-order valence-corrected chi connectivity index (χ1v) is 5.76. The highest BCUT2D eigenvalue weighted by Crippen LogP contribution is 1.81. The van der Waals surface area contributed by atoms with E-state index in [1.807, 2.05) is 13.5 Å². The van der Waals surface area contributed by atoms with Crippen molar-refractivity contribution >= 4 is 15.1 Å². The molecule has 0 aliphatic heterocycles. The fourth-order valence-corrected chi connectivity index (χ4v) is 1.76. The first kappa shape index (κ1) is 9.45. The minimum atomic E-state index is -1.17. The number of hydrogen-bond acceptors (Lipinski definition) is 2. The zero-order valence-electron chi connectivity index (χ0n) is 6.39. The second-order valence-corrected chi connectivity index (χ2v) is 4.37. The molecule has 0 rings (SSSR count). The second-order valence-electron chi connectivity index (χ2n) is 2.01. The van der Waals surface area contributed by atoms with Crippen LogP contribution < -0.4 is 11.1 Å². The molecule has 0 aromatic rings. The van der Waals surface area contributed by atoms with Crippen molar-refractivity contribution in [2.75, 3.05) is 12.8 Å². The van der Waals surface area contributed by atoms with Gasteiger partial charge in [0.25, 0.3) is 0 Å². The van der Waals surface area contributed by atoms with Gasteiger partial charge in [0.05, 0.1) is 0 Å². The Morgan fingerprint density at radius 1 is 1.80 bits per heavy atom. The van der Waals surface area contributed by atoms with Crippen LogP contribution in [0.2, 0.25) is 6.55 Å². The van der Waals surface area contributed by atoms with Gasteiger partial charge in [-0.3, -0.25) is 0 Å². The molecule has 4 nitrogen and oxygen atoms in total. The summed E-state index contributed by atoms with van der Waals surface area (Å²) in [6.07, 6.45) is 0.614. The van der Waals surface area contributed by atoms with Gasteiger partial charge in [0, 0.05) is 12.8 Å². The van der Waals surface area contributed by atoms with Crippen LogP contribution in [0.5, 0.6) is 0 Å². The summed E-state index contributed by atoms with van der Waals surface area (Å²) in [7, 11) is -1.17. The molecule has 1 unspecified atom stereocenters. The molecule has 0 spiro atoms. The van der Waals surface area contributed by atoms with Crippen molar-refractivity contribution in [3.05, 3.63) is 0 Å². The van der Waals surface area contributed by atoms with E-state index in [-0.39, 0.29) is 0 Å². The Hall–Kier alpha value is -0.553. The van der Waals surface area contributed by atoms with Gasteiger partial charge in [-0.05, 0) is 13.5 Å². The molecule has 0 heterocycles. The van der Waals surface area contributed by atoms with Crippen LogP contribution in [0, 0.1) is 0 Å². The van der Waals surface area contributed by atoms with Crippen molar-refractivity contribution in [2.45, 2.75) is 13.5 Å². The van der Waals surface area contributed by atoms with Crippen LogP contribution in [0.4, 0.5) is 4.79 Å². The van der Waals surface area contributed by atoms with Gasteiger partial charge >= 0.3 is 6.03 Å². The summed E-state index contributed by atoms with van der Waals surface area (Å²) in [5, 5.41) is 2.51. The first-order chi connectivity index (χ1) is 4.66. The average molecular weight is 162 g/mol. The van der Waals surface area contributed by atoms with E-state index in [9.17, 15) is 4.79 Å². The Kier molecular flexibility index (Phi) is 4.96. The van der Waals surface area contributed by atoms with Gasteiger partial charge in [-0.2, -0.15) is 0 Å². The van der Waals surface area contributed by atoms with Crippen molar-refractivity contribution < 1.29 is 9.22 Å². The topological polar surface area (TPSA) is 64.3 Å².